The zero-order valence-corrected chi connectivity index (χ0v) is 14.2. The van der Waals surface area contributed by atoms with Gasteiger partial charge in [-0.25, -0.2) is 4.39 Å². The molecule has 0 spiro atoms. The normalized spacial score (nSPS) is 12.4. The molecule has 1 aromatic heterocycles. The van der Waals surface area contributed by atoms with E-state index in [0.717, 1.165) is 4.88 Å². The average Bonchev–Trinajstić information content (AvgIpc) is 2.95. The minimum Gasteiger partial charge on any atom is -0.350 e. The molecule has 0 saturated heterocycles. The Hall–Kier alpha value is -1.24. The quantitative estimate of drug-likeness (QED) is 0.870. The zero-order valence-electron chi connectivity index (χ0n) is 11.8. The predicted octanol–water partition coefficient (Wildman–Crippen LogP) is 3.68. The zero-order chi connectivity index (χ0) is 15.4. The van der Waals surface area contributed by atoms with Crippen LogP contribution in [0.15, 0.2) is 40.2 Å². The minimum absolute atomic E-state index is 0.0491. The first-order chi connectivity index (χ1) is 9.99. The first-order valence-electron chi connectivity index (χ1n) is 6.42. The van der Waals surface area contributed by atoms with Gasteiger partial charge < -0.3 is 10.2 Å². The summed E-state index contributed by atoms with van der Waals surface area (Å²) in [5, 5.41) is 4.80. The standard InChI is InChI=1S/C15H16BrFN2OS/c1-19(2)13(14-4-3-7-21-14)9-18-15(20)11-8-10(16)5-6-12(11)17/h3-8,13H,9H2,1-2H3,(H,18,20)/t13-/m0/s1. The summed E-state index contributed by atoms with van der Waals surface area (Å²) >= 11 is 4.88. The van der Waals surface area contributed by atoms with Crippen LogP contribution in [-0.2, 0) is 0 Å². The molecule has 2 aromatic rings. The van der Waals surface area contributed by atoms with Gasteiger partial charge in [-0.05, 0) is 43.7 Å². The van der Waals surface area contributed by atoms with Gasteiger partial charge in [0.15, 0.2) is 0 Å². The van der Waals surface area contributed by atoms with Crippen LogP contribution in [-0.4, -0.2) is 31.4 Å². The maximum Gasteiger partial charge on any atom is 0.254 e. The monoisotopic (exact) mass is 370 g/mol. The van der Waals surface area contributed by atoms with Crippen molar-refractivity contribution in [1.29, 1.82) is 0 Å². The summed E-state index contributed by atoms with van der Waals surface area (Å²) in [7, 11) is 3.91. The highest BCUT2D eigenvalue weighted by Crippen LogP contribution is 2.22. The summed E-state index contributed by atoms with van der Waals surface area (Å²) in [4.78, 5) is 15.3. The highest BCUT2D eigenvalue weighted by Gasteiger charge is 2.18. The Balaban J connectivity index is 2.07. The van der Waals surface area contributed by atoms with Crippen molar-refractivity contribution in [2.45, 2.75) is 6.04 Å². The summed E-state index contributed by atoms with van der Waals surface area (Å²) in [6.45, 7) is 0.429. The molecule has 1 aromatic carbocycles. The molecule has 1 N–H and O–H groups in total. The van der Waals surface area contributed by atoms with Crippen LogP contribution in [0.4, 0.5) is 4.39 Å². The van der Waals surface area contributed by atoms with Crippen molar-refractivity contribution >= 4 is 33.2 Å². The average molecular weight is 371 g/mol. The molecular formula is C15H16BrFN2OS. The molecule has 3 nitrogen and oxygen atoms in total. The van der Waals surface area contributed by atoms with Crippen LogP contribution in [0.3, 0.4) is 0 Å². The molecule has 2 rings (SSSR count). The number of nitrogens with zero attached hydrogens (tertiary/aromatic N) is 1. The summed E-state index contributed by atoms with van der Waals surface area (Å²) < 4.78 is 14.4. The summed E-state index contributed by atoms with van der Waals surface area (Å²) in [6, 6.07) is 8.42. The lowest BCUT2D eigenvalue weighted by Gasteiger charge is -2.23. The number of rotatable bonds is 5. The van der Waals surface area contributed by atoms with Crippen molar-refractivity contribution in [1.82, 2.24) is 10.2 Å². The van der Waals surface area contributed by atoms with Gasteiger partial charge in [0.05, 0.1) is 11.6 Å². The third-order valence-electron chi connectivity index (χ3n) is 3.12. The van der Waals surface area contributed by atoms with Crippen LogP contribution in [0.1, 0.15) is 21.3 Å². The van der Waals surface area contributed by atoms with Crippen molar-refractivity contribution in [3.8, 4) is 0 Å². The van der Waals surface area contributed by atoms with E-state index in [1.807, 2.05) is 36.5 Å². The van der Waals surface area contributed by atoms with Gasteiger partial charge in [-0.2, -0.15) is 0 Å². The molecular weight excluding hydrogens is 355 g/mol. The van der Waals surface area contributed by atoms with E-state index in [4.69, 9.17) is 0 Å². The number of carbonyl (C=O) groups is 1. The third-order valence-corrected chi connectivity index (χ3v) is 4.59. The Kier molecular flexibility index (Phi) is 5.50. The molecule has 1 amide bonds. The maximum absolute atomic E-state index is 13.7. The number of nitrogens with one attached hydrogen (secondary N) is 1. The van der Waals surface area contributed by atoms with Crippen molar-refractivity contribution < 1.29 is 9.18 Å². The van der Waals surface area contributed by atoms with Gasteiger partial charge in [0.25, 0.3) is 5.91 Å². The fourth-order valence-corrected chi connectivity index (χ4v) is 3.26. The van der Waals surface area contributed by atoms with E-state index in [1.165, 1.54) is 12.1 Å². The third kappa shape index (κ3) is 4.12. The molecule has 21 heavy (non-hydrogen) atoms. The highest BCUT2D eigenvalue weighted by atomic mass is 79.9. The number of likely N-dealkylation sites (N-methyl/N-ethyl adjacent to an activating group) is 1. The number of hydrogen-bond donors (Lipinski definition) is 1. The smallest absolute Gasteiger partial charge is 0.254 e. The van der Waals surface area contributed by atoms with Crippen LogP contribution in [0.5, 0.6) is 0 Å². The number of amides is 1. The van der Waals surface area contributed by atoms with Gasteiger partial charge in [-0.3, -0.25) is 4.79 Å². The number of thiophene rings is 1. The fraction of sp³-hybridized carbons (Fsp3) is 0.267. The number of carbonyl (C=O) groups excluding carboxylic acids is 1. The molecule has 1 atom stereocenters. The fourth-order valence-electron chi connectivity index (χ4n) is 1.97. The Morgan fingerprint density at radius 3 is 2.81 bits per heavy atom. The molecule has 0 fully saturated rings. The lowest BCUT2D eigenvalue weighted by molar-refractivity contribution is 0.0938. The lowest BCUT2D eigenvalue weighted by atomic mass is 10.1. The second-order valence-electron chi connectivity index (χ2n) is 4.83. The van der Waals surface area contributed by atoms with Crippen LogP contribution < -0.4 is 5.32 Å². The van der Waals surface area contributed by atoms with Gasteiger partial charge in [0.2, 0.25) is 0 Å². The molecule has 0 aliphatic carbocycles. The lowest BCUT2D eigenvalue weighted by Crippen LogP contribution is -2.34. The number of hydrogen-bond acceptors (Lipinski definition) is 3. The summed E-state index contributed by atoms with van der Waals surface area (Å²) in [5.41, 5.74) is 0.0491. The number of benzene rings is 1. The van der Waals surface area contributed by atoms with E-state index < -0.39 is 11.7 Å². The Bertz CT molecular complexity index is 616. The van der Waals surface area contributed by atoms with Gasteiger partial charge >= 0.3 is 0 Å². The van der Waals surface area contributed by atoms with E-state index in [9.17, 15) is 9.18 Å². The van der Waals surface area contributed by atoms with Gasteiger partial charge in [0.1, 0.15) is 5.82 Å². The number of halogens is 2. The van der Waals surface area contributed by atoms with E-state index in [-0.39, 0.29) is 11.6 Å². The van der Waals surface area contributed by atoms with Crippen molar-refractivity contribution in [3.63, 3.8) is 0 Å². The van der Waals surface area contributed by atoms with Crippen LogP contribution in [0.25, 0.3) is 0 Å². The van der Waals surface area contributed by atoms with Crippen LogP contribution >= 0.6 is 27.3 Å². The molecule has 6 heteroatoms. The first kappa shape index (κ1) is 16.1. The topological polar surface area (TPSA) is 32.3 Å². The Labute approximate surface area is 135 Å². The molecule has 0 unspecified atom stereocenters. The molecule has 0 radical (unpaired) electrons. The predicted molar refractivity (Wildman–Crippen MR) is 87.2 cm³/mol. The second-order valence-corrected chi connectivity index (χ2v) is 6.72. The van der Waals surface area contributed by atoms with Crippen molar-refractivity contribution in [2.75, 3.05) is 20.6 Å². The minimum atomic E-state index is -0.520. The first-order valence-corrected chi connectivity index (χ1v) is 8.09. The van der Waals surface area contributed by atoms with Crippen LogP contribution in [0, 0.1) is 5.82 Å². The SMILES string of the molecule is CN(C)[C@@H](CNC(=O)c1cc(Br)ccc1F)c1cccs1. The molecule has 0 bridgehead atoms. The molecule has 0 aliphatic heterocycles. The van der Waals surface area contributed by atoms with Crippen molar-refractivity contribution in [2.24, 2.45) is 0 Å². The maximum atomic E-state index is 13.7. The van der Waals surface area contributed by atoms with Gasteiger partial charge in [-0.1, -0.05) is 22.0 Å². The molecule has 1 heterocycles. The van der Waals surface area contributed by atoms with Gasteiger partial charge in [0, 0.05) is 15.9 Å². The van der Waals surface area contributed by atoms with Crippen LogP contribution in [0.2, 0.25) is 0 Å². The summed E-state index contributed by atoms with van der Waals surface area (Å²) in [6.07, 6.45) is 0. The Morgan fingerprint density at radius 1 is 1.43 bits per heavy atom. The van der Waals surface area contributed by atoms with E-state index in [1.54, 1.807) is 17.4 Å². The highest BCUT2D eigenvalue weighted by molar-refractivity contribution is 9.10. The molecule has 112 valence electrons. The molecule has 0 aliphatic rings. The van der Waals surface area contributed by atoms with E-state index in [0.29, 0.717) is 11.0 Å². The largest absolute Gasteiger partial charge is 0.350 e. The Morgan fingerprint density at radius 2 is 2.19 bits per heavy atom. The second kappa shape index (κ2) is 7.15. The van der Waals surface area contributed by atoms with E-state index in [2.05, 4.69) is 21.2 Å². The van der Waals surface area contributed by atoms with Crippen molar-refractivity contribution in [3.05, 3.63) is 56.4 Å². The molecule has 0 saturated carbocycles. The summed E-state index contributed by atoms with van der Waals surface area (Å²) in [5.74, 6) is -0.926. The van der Waals surface area contributed by atoms with E-state index >= 15 is 0 Å². The van der Waals surface area contributed by atoms with Gasteiger partial charge in [-0.15, -0.1) is 11.3 Å².